The summed E-state index contributed by atoms with van der Waals surface area (Å²) in [4.78, 5) is 11.8. The number of carbonyl (C=O) groups excluding carboxylic acids is 1. The SMILES string of the molecule is C#CC(=O)NCc1cnn(Cc2cc(OC3CC3)c3c(NS(=O)c4ccccc4OC)noc3c2)c1. The predicted molar refractivity (Wildman–Crippen MR) is 133 cm³/mol. The number of nitrogens with one attached hydrogen (secondary N) is 2. The van der Waals surface area contributed by atoms with Gasteiger partial charge in [0.15, 0.2) is 22.4 Å². The summed E-state index contributed by atoms with van der Waals surface area (Å²) in [5.74, 6) is 2.96. The van der Waals surface area contributed by atoms with Gasteiger partial charge in [-0.15, -0.1) is 6.42 Å². The van der Waals surface area contributed by atoms with Crippen LogP contribution in [0.5, 0.6) is 11.5 Å². The van der Waals surface area contributed by atoms with E-state index in [2.05, 4.69) is 20.3 Å². The van der Waals surface area contributed by atoms with Gasteiger partial charge in [-0.3, -0.25) is 14.2 Å². The zero-order valence-corrected chi connectivity index (χ0v) is 20.2. The lowest BCUT2D eigenvalue weighted by Crippen LogP contribution is -2.20. The number of hydrogen-bond acceptors (Lipinski definition) is 7. The Kier molecular flexibility index (Phi) is 6.60. The second-order valence-electron chi connectivity index (χ2n) is 8.21. The average Bonchev–Trinajstić information content (AvgIpc) is 3.44. The van der Waals surface area contributed by atoms with E-state index in [0.29, 0.717) is 46.3 Å². The highest BCUT2D eigenvalue weighted by Crippen LogP contribution is 2.38. The molecule has 1 saturated carbocycles. The Hall–Kier alpha value is -4.30. The van der Waals surface area contributed by atoms with Gasteiger partial charge in [-0.05, 0) is 48.6 Å². The Labute approximate surface area is 209 Å². The standard InChI is InChI=1S/C25H23N5O5S/c1-3-23(31)26-12-17-13-27-30(15-17)14-16-10-20(34-18-8-9-18)24-21(11-16)35-28-25(24)29-36(32)22-7-5-4-6-19(22)33-2/h1,4-7,10-11,13,15,18H,8-9,12,14H2,2H3,(H,26,31)(H,28,29). The van der Waals surface area contributed by atoms with Crippen molar-refractivity contribution in [3.05, 3.63) is 59.9 Å². The molecule has 1 unspecified atom stereocenters. The van der Waals surface area contributed by atoms with Crippen LogP contribution in [0.25, 0.3) is 11.0 Å². The molecule has 0 aliphatic heterocycles. The summed E-state index contributed by atoms with van der Waals surface area (Å²) in [6, 6.07) is 10.8. The molecule has 2 heterocycles. The van der Waals surface area contributed by atoms with E-state index in [-0.39, 0.29) is 6.10 Å². The summed E-state index contributed by atoms with van der Waals surface area (Å²) in [5, 5.41) is 11.7. The molecule has 2 aromatic heterocycles. The molecular formula is C25H23N5O5S. The lowest BCUT2D eigenvalue weighted by molar-refractivity contribution is -0.115. The molecule has 11 heteroatoms. The molecule has 184 valence electrons. The van der Waals surface area contributed by atoms with Crippen molar-refractivity contribution in [2.24, 2.45) is 0 Å². The van der Waals surface area contributed by atoms with E-state index in [1.54, 1.807) is 29.1 Å². The second kappa shape index (κ2) is 10.1. The summed E-state index contributed by atoms with van der Waals surface area (Å²) in [6.45, 7) is 0.731. The van der Waals surface area contributed by atoms with Crippen molar-refractivity contribution < 1.29 is 23.0 Å². The molecule has 1 amide bonds. The van der Waals surface area contributed by atoms with Gasteiger partial charge in [-0.1, -0.05) is 17.3 Å². The molecular weight excluding hydrogens is 482 g/mol. The first kappa shape index (κ1) is 23.4. The van der Waals surface area contributed by atoms with E-state index < -0.39 is 16.9 Å². The summed E-state index contributed by atoms with van der Waals surface area (Å²) in [6.07, 6.45) is 10.6. The summed E-state index contributed by atoms with van der Waals surface area (Å²) < 4.78 is 34.8. The van der Waals surface area contributed by atoms with Gasteiger partial charge in [0.1, 0.15) is 21.8 Å². The number of terminal acetylenes is 1. The first-order chi connectivity index (χ1) is 17.5. The number of methoxy groups -OCH3 is 1. The van der Waals surface area contributed by atoms with Gasteiger partial charge < -0.3 is 19.3 Å². The van der Waals surface area contributed by atoms with Gasteiger partial charge in [-0.2, -0.15) is 5.10 Å². The third-order valence-electron chi connectivity index (χ3n) is 5.49. The Morgan fingerprint density at radius 1 is 1.28 bits per heavy atom. The van der Waals surface area contributed by atoms with Crippen molar-refractivity contribution in [1.82, 2.24) is 20.3 Å². The lowest BCUT2D eigenvalue weighted by atomic mass is 10.1. The minimum absolute atomic E-state index is 0.127. The molecule has 1 fully saturated rings. The maximum Gasteiger partial charge on any atom is 0.295 e. The van der Waals surface area contributed by atoms with Gasteiger partial charge in [-0.25, -0.2) is 4.21 Å². The Morgan fingerprint density at radius 3 is 2.89 bits per heavy atom. The van der Waals surface area contributed by atoms with Crippen molar-refractivity contribution >= 4 is 33.7 Å². The molecule has 0 saturated heterocycles. The number of aromatic nitrogens is 3. The molecule has 0 radical (unpaired) electrons. The van der Waals surface area contributed by atoms with Crippen LogP contribution in [0, 0.1) is 12.3 Å². The average molecular weight is 506 g/mol. The highest BCUT2D eigenvalue weighted by atomic mass is 32.2. The zero-order chi connectivity index (χ0) is 25.1. The van der Waals surface area contributed by atoms with Crippen molar-refractivity contribution in [1.29, 1.82) is 0 Å². The van der Waals surface area contributed by atoms with E-state index in [4.69, 9.17) is 20.4 Å². The van der Waals surface area contributed by atoms with E-state index in [1.807, 2.05) is 30.3 Å². The lowest BCUT2D eigenvalue weighted by Gasteiger charge is -2.11. The van der Waals surface area contributed by atoms with Crippen LogP contribution in [0.1, 0.15) is 24.0 Å². The number of anilines is 1. The monoisotopic (exact) mass is 505 g/mol. The highest BCUT2D eigenvalue weighted by Gasteiger charge is 2.27. The van der Waals surface area contributed by atoms with E-state index in [0.717, 1.165) is 24.0 Å². The predicted octanol–water partition coefficient (Wildman–Crippen LogP) is 3.01. The number of amides is 1. The first-order valence-corrected chi connectivity index (χ1v) is 12.3. The van der Waals surface area contributed by atoms with E-state index in [9.17, 15) is 9.00 Å². The maximum absolute atomic E-state index is 13.1. The molecule has 1 aliphatic carbocycles. The van der Waals surface area contributed by atoms with Crippen LogP contribution in [0.15, 0.2) is 58.2 Å². The molecule has 36 heavy (non-hydrogen) atoms. The smallest absolute Gasteiger partial charge is 0.295 e. The van der Waals surface area contributed by atoms with Crippen LogP contribution < -0.4 is 19.5 Å². The second-order valence-corrected chi connectivity index (χ2v) is 9.39. The van der Waals surface area contributed by atoms with Crippen molar-refractivity contribution in [2.45, 2.75) is 36.9 Å². The van der Waals surface area contributed by atoms with Crippen LogP contribution in [-0.4, -0.2) is 38.3 Å². The van der Waals surface area contributed by atoms with Gasteiger partial charge in [0, 0.05) is 18.3 Å². The number of nitrogens with zero attached hydrogens (tertiary/aromatic N) is 3. The minimum atomic E-state index is -1.64. The summed E-state index contributed by atoms with van der Waals surface area (Å²) in [7, 11) is -0.107. The zero-order valence-electron chi connectivity index (χ0n) is 19.4. The van der Waals surface area contributed by atoms with Gasteiger partial charge >= 0.3 is 0 Å². The molecule has 0 bridgehead atoms. The summed E-state index contributed by atoms with van der Waals surface area (Å²) >= 11 is 0. The van der Waals surface area contributed by atoms with Crippen LogP contribution in [0.3, 0.4) is 0 Å². The van der Waals surface area contributed by atoms with Gasteiger partial charge in [0.05, 0.1) is 26.0 Å². The fraction of sp³-hybridized carbons (Fsp3) is 0.240. The Bertz CT molecular complexity index is 1480. The van der Waals surface area contributed by atoms with Crippen molar-refractivity contribution in [3.8, 4) is 23.8 Å². The molecule has 0 spiro atoms. The highest BCUT2D eigenvalue weighted by molar-refractivity contribution is 7.86. The topological polar surface area (TPSA) is 121 Å². The number of carbonyl (C=O) groups is 1. The Morgan fingerprint density at radius 2 is 2.11 bits per heavy atom. The number of fused-ring (bicyclic) bond motifs is 1. The third-order valence-corrected chi connectivity index (χ3v) is 6.60. The fourth-order valence-electron chi connectivity index (χ4n) is 3.63. The van der Waals surface area contributed by atoms with Crippen LogP contribution >= 0.6 is 0 Å². The Balaban J connectivity index is 1.40. The van der Waals surface area contributed by atoms with Crippen LogP contribution in [0.2, 0.25) is 0 Å². The number of ether oxygens (including phenoxy) is 2. The third kappa shape index (κ3) is 5.18. The molecule has 1 atom stereocenters. The number of hydrogen-bond donors (Lipinski definition) is 2. The fourth-order valence-corrected chi connectivity index (χ4v) is 4.59. The van der Waals surface area contributed by atoms with Gasteiger partial charge in [0.25, 0.3) is 5.91 Å². The van der Waals surface area contributed by atoms with Crippen LogP contribution in [-0.2, 0) is 28.9 Å². The maximum atomic E-state index is 13.1. The number of benzene rings is 2. The minimum Gasteiger partial charge on any atom is -0.495 e. The molecule has 5 rings (SSSR count). The van der Waals surface area contributed by atoms with Crippen molar-refractivity contribution in [3.63, 3.8) is 0 Å². The molecule has 2 N–H and O–H groups in total. The van der Waals surface area contributed by atoms with Crippen molar-refractivity contribution in [2.75, 3.05) is 11.8 Å². The normalized spacial score (nSPS) is 13.7. The van der Waals surface area contributed by atoms with Crippen LogP contribution in [0.4, 0.5) is 5.82 Å². The quantitative estimate of drug-likeness (QED) is 0.318. The molecule has 2 aromatic carbocycles. The molecule has 1 aliphatic rings. The van der Waals surface area contributed by atoms with E-state index >= 15 is 0 Å². The molecule has 10 nitrogen and oxygen atoms in total. The first-order valence-electron chi connectivity index (χ1n) is 11.2. The summed E-state index contributed by atoms with van der Waals surface area (Å²) in [5.41, 5.74) is 2.20. The molecule has 4 aromatic rings. The number of rotatable bonds is 10. The largest absolute Gasteiger partial charge is 0.495 e. The number of para-hydroxylation sites is 1. The van der Waals surface area contributed by atoms with Gasteiger partial charge in [0.2, 0.25) is 0 Å². The van der Waals surface area contributed by atoms with E-state index in [1.165, 1.54) is 7.11 Å².